The van der Waals surface area contributed by atoms with Gasteiger partial charge in [-0.05, 0) is 49.1 Å². The second-order valence-corrected chi connectivity index (χ2v) is 11.6. The van der Waals surface area contributed by atoms with Crippen molar-refractivity contribution in [3.05, 3.63) is 70.2 Å². The Morgan fingerprint density at radius 2 is 1.60 bits per heavy atom. The van der Waals surface area contributed by atoms with Crippen molar-refractivity contribution in [3.63, 3.8) is 0 Å². The molecular formula is C31H41N2S2+. The van der Waals surface area contributed by atoms with E-state index in [1.165, 1.54) is 87.8 Å². The minimum Gasteiger partial charge on any atom is -0.335 e. The maximum atomic E-state index is 2.56. The smallest absolute Gasteiger partial charge is 0.263 e. The van der Waals surface area contributed by atoms with Crippen LogP contribution < -0.4 is 9.47 Å². The fourth-order valence-electron chi connectivity index (χ4n) is 4.74. The number of allylic oxidation sites excluding steroid dienone is 2. The summed E-state index contributed by atoms with van der Waals surface area (Å²) in [6.07, 6.45) is 16.3. The maximum absolute atomic E-state index is 2.56. The highest BCUT2D eigenvalue weighted by molar-refractivity contribution is 8.03. The van der Waals surface area contributed by atoms with Crippen molar-refractivity contribution in [2.24, 2.45) is 0 Å². The Morgan fingerprint density at radius 1 is 0.857 bits per heavy atom. The Labute approximate surface area is 220 Å². The Balaban J connectivity index is 1.63. The van der Waals surface area contributed by atoms with Crippen LogP contribution in [0.15, 0.2) is 70.1 Å². The molecule has 0 N–H and O–H groups in total. The number of unbranched alkanes of at least 4 members (excludes halogenated alkanes) is 6. The zero-order valence-corrected chi connectivity index (χ0v) is 23.4. The van der Waals surface area contributed by atoms with Gasteiger partial charge >= 0.3 is 0 Å². The quantitative estimate of drug-likeness (QED) is 0.169. The zero-order valence-electron chi connectivity index (χ0n) is 21.8. The van der Waals surface area contributed by atoms with Crippen LogP contribution in [-0.4, -0.2) is 6.54 Å². The van der Waals surface area contributed by atoms with Gasteiger partial charge in [0.15, 0.2) is 6.54 Å². The Morgan fingerprint density at radius 3 is 2.40 bits per heavy atom. The lowest BCUT2D eigenvalue weighted by Crippen LogP contribution is -2.35. The van der Waals surface area contributed by atoms with Crippen LogP contribution in [0.5, 0.6) is 0 Å². The van der Waals surface area contributed by atoms with Crippen molar-refractivity contribution >= 4 is 45.1 Å². The number of hydrogen-bond acceptors (Lipinski definition) is 3. The summed E-state index contributed by atoms with van der Waals surface area (Å²) in [5.41, 5.74) is 4.17. The summed E-state index contributed by atoms with van der Waals surface area (Å²) in [5.74, 6) is 0. The number of aryl methyl sites for hydroxylation is 1. The monoisotopic (exact) mass is 505 g/mol. The fraction of sp³-hybridized carbons (Fsp3) is 0.452. The molecular weight excluding hydrogens is 464 g/mol. The number of hydrogen-bond donors (Lipinski definition) is 0. The lowest BCUT2D eigenvalue weighted by molar-refractivity contribution is -0.669. The van der Waals surface area contributed by atoms with Crippen LogP contribution in [-0.2, 0) is 6.54 Å². The van der Waals surface area contributed by atoms with Gasteiger partial charge in [0.25, 0.3) is 5.01 Å². The van der Waals surface area contributed by atoms with Gasteiger partial charge in [-0.2, -0.15) is 4.57 Å². The molecule has 0 saturated carbocycles. The first-order valence-electron chi connectivity index (χ1n) is 13.6. The predicted octanol–water partition coefficient (Wildman–Crippen LogP) is 9.60. The Hall–Kier alpha value is -2.04. The number of rotatable bonds is 13. The van der Waals surface area contributed by atoms with E-state index in [0.29, 0.717) is 0 Å². The summed E-state index contributed by atoms with van der Waals surface area (Å²) >= 11 is 3.87. The molecule has 0 atom stereocenters. The molecule has 0 saturated heterocycles. The molecule has 4 rings (SSSR count). The molecule has 2 heterocycles. The molecule has 35 heavy (non-hydrogen) atoms. The first-order valence-corrected chi connectivity index (χ1v) is 15.3. The molecule has 0 aliphatic carbocycles. The molecule has 0 fully saturated rings. The summed E-state index contributed by atoms with van der Waals surface area (Å²) in [6, 6.07) is 17.8. The van der Waals surface area contributed by atoms with E-state index in [1.54, 1.807) is 0 Å². The second kappa shape index (κ2) is 13.3. The third-order valence-corrected chi connectivity index (χ3v) is 8.99. The molecule has 1 aliphatic heterocycles. The number of benzene rings is 2. The van der Waals surface area contributed by atoms with Crippen LogP contribution in [0.2, 0.25) is 0 Å². The number of nitrogens with zero attached hydrogens (tertiary/aromatic N) is 2. The minimum atomic E-state index is 1.04. The number of anilines is 1. The topological polar surface area (TPSA) is 7.12 Å². The largest absolute Gasteiger partial charge is 0.335 e. The average molecular weight is 506 g/mol. The fourth-order valence-corrected chi connectivity index (χ4v) is 7.07. The van der Waals surface area contributed by atoms with Crippen LogP contribution in [0.4, 0.5) is 5.69 Å². The highest BCUT2D eigenvalue weighted by atomic mass is 32.2. The first-order chi connectivity index (χ1) is 17.2. The van der Waals surface area contributed by atoms with Gasteiger partial charge in [-0.15, -0.1) is 0 Å². The van der Waals surface area contributed by atoms with Crippen LogP contribution in [0.3, 0.4) is 0 Å². The average Bonchev–Trinajstić information content (AvgIpc) is 3.41. The third-order valence-electron chi connectivity index (χ3n) is 6.77. The van der Waals surface area contributed by atoms with Crippen molar-refractivity contribution in [1.82, 2.24) is 0 Å². The van der Waals surface area contributed by atoms with Crippen LogP contribution in [0, 0.1) is 0 Å². The zero-order chi connectivity index (χ0) is 24.5. The summed E-state index contributed by atoms with van der Waals surface area (Å²) in [6.45, 7) is 9.07. The van der Waals surface area contributed by atoms with Gasteiger partial charge in [0, 0.05) is 30.0 Å². The molecule has 0 amide bonds. The van der Waals surface area contributed by atoms with E-state index in [0.717, 1.165) is 19.5 Å². The van der Waals surface area contributed by atoms with E-state index >= 15 is 0 Å². The predicted molar refractivity (Wildman–Crippen MR) is 156 cm³/mol. The minimum absolute atomic E-state index is 1.04. The summed E-state index contributed by atoms with van der Waals surface area (Å²) in [5, 5.41) is 2.76. The van der Waals surface area contributed by atoms with Crippen LogP contribution in [0.1, 0.15) is 83.6 Å². The van der Waals surface area contributed by atoms with Gasteiger partial charge in [0.05, 0.1) is 10.7 Å². The summed E-state index contributed by atoms with van der Waals surface area (Å²) in [4.78, 5) is 3.95. The summed E-state index contributed by atoms with van der Waals surface area (Å²) < 4.78 is 3.95. The first kappa shape index (κ1) is 26.0. The van der Waals surface area contributed by atoms with Gasteiger partial charge in [-0.3, -0.25) is 0 Å². The molecule has 0 unspecified atom stereocenters. The molecule has 2 aromatic carbocycles. The van der Waals surface area contributed by atoms with Crippen molar-refractivity contribution in [3.8, 4) is 0 Å². The van der Waals surface area contributed by atoms with Crippen molar-refractivity contribution < 1.29 is 4.57 Å². The molecule has 4 heteroatoms. The van der Waals surface area contributed by atoms with Crippen molar-refractivity contribution in [2.75, 3.05) is 11.4 Å². The summed E-state index contributed by atoms with van der Waals surface area (Å²) in [7, 11) is 0. The number of fused-ring (bicyclic) bond motifs is 2. The van der Waals surface area contributed by atoms with Gasteiger partial charge in [-0.25, -0.2) is 0 Å². The molecule has 0 bridgehead atoms. The second-order valence-electron chi connectivity index (χ2n) is 9.46. The lowest BCUT2D eigenvalue weighted by Gasteiger charge is -2.20. The molecule has 0 radical (unpaired) electrons. The van der Waals surface area contributed by atoms with E-state index in [1.807, 2.05) is 23.1 Å². The van der Waals surface area contributed by atoms with E-state index in [4.69, 9.17) is 0 Å². The number of thioether (sulfide) groups is 1. The molecule has 1 aliphatic rings. The van der Waals surface area contributed by atoms with Crippen LogP contribution >= 0.6 is 23.1 Å². The molecule has 0 spiro atoms. The molecule has 1 aromatic heterocycles. The lowest BCUT2D eigenvalue weighted by atomic mass is 10.1. The van der Waals surface area contributed by atoms with Crippen molar-refractivity contribution in [2.45, 2.75) is 90.0 Å². The molecule has 3 aromatic rings. The molecule has 2 nitrogen and oxygen atoms in total. The van der Waals surface area contributed by atoms with Crippen molar-refractivity contribution in [1.29, 1.82) is 0 Å². The van der Waals surface area contributed by atoms with E-state index in [2.05, 4.69) is 90.9 Å². The molecule has 186 valence electrons. The standard InChI is InChI=1S/C31H41N2S2/c1-4-7-9-15-21-32-26-17-11-13-19-28(26)34-30(32)23-25(6-3)24-31-33(22-16-10-8-5-2)27-18-12-14-20-29(27)35-31/h11-14,17-20,23-24H,4-10,15-16,21-22H2,1-3H3/q+1. The number of para-hydroxylation sites is 2. The SMILES string of the molecule is CCCCCCN1/C(=C/C(=C/c2sc3ccccc3[n+]2CCCCCC)CC)Sc2ccccc21. The van der Waals surface area contributed by atoms with Gasteiger partial charge in [0.2, 0.25) is 5.52 Å². The van der Waals surface area contributed by atoms with E-state index < -0.39 is 0 Å². The van der Waals surface area contributed by atoms with E-state index in [9.17, 15) is 0 Å². The van der Waals surface area contributed by atoms with Gasteiger partial charge in [-0.1, -0.05) is 100 Å². The van der Waals surface area contributed by atoms with Gasteiger partial charge < -0.3 is 4.90 Å². The van der Waals surface area contributed by atoms with Gasteiger partial charge in [0.1, 0.15) is 4.70 Å². The Bertz CT molecular complexity index is 1160. The highest BCUT2D eigenvalue weighted by Gasteiger charge is 2.25. The maximum Gasteiger partial charge on any atom is 0.263 e. The van der Waals surface area contributed by atoms with E-state index in [-0.39, 0.29) is 0 Å². The highest BCUT2D eigenvalue weighted by Crippen LogP contribution is 2.46. The number of aromatic nitrogens is 1. The Kier molecular flexibility index (Phi) is 9.91. The third kappa shape index (κ3) is 6.59. The number of thiazole rings is 1. The van der Waals surface area contributed by atoms with Crippen LogP contribution in [0.25, 0.3) is 16.3 Å². The normalized spacial score (nSPS) is 14.9.